The van der Waals surface area contributed by atoms with E-state index in [1.54, 1.807) is 41.8 Å². The maximum absolute atomic E-state index is 15.0. The fourth-order valence-corrected chi connectivity index (χ4v) is 17.0. The van der Waals surface area contributed by atoms with E-state index in [0.29, 0.717) is 5.52 Å². The Labute approximate surface area is 426 Å². The second kappa shape index (κ2) is 23.0. The zero-order chi connectivity index (χ0) is 45.2. The summed E-state index contributed by atoms with van der Waals surface area (Å²) in [4.78, 5) is 6.18. The molecule has 11 aromatic rings. The second-order valence-electron chi connectivity index (χ2n) is 15.6. The molecule has 10 heteroatoms. The van der Waals surface area contributed by atoms with Gasteiger partial charge in [-0.25, -0.2) is 4.98 Å². The van der Waals surface area contributed by atoms with E-state index in [4.69, 9.17) is 0 Å². The van der Waals surface area contributed by atoms with Crippen LogP contribution >= 0.6 is 18.5 Å². The monoisotopic (exact) mass is 922 g/mol. The number of hydrogen-bond acceptors (Lipinski definition) is 4. The number of hydrogen-bond donors (Lipinski definition) is 0. The molecule has 0 radical (unpaired) electrons. The zero-order valence-electron chi connectivity index (χ0n) is 37.9. The molecule has 11 rings (SSSR count). The topological polar surface area (TPSA) is 91.5 Å². The van der Waals surface area contributed by atoms with Gasteiger partial charge in [0.15, 0.2) is 21.4 Å². The summed E-state index contributed by atoms with van der Waals surface area (Å²) in [5.74, 6) is 0.105. The fraction of sp³-hybridized carbons (Fsp3) is 0. The number of rotatable bonds is 8. The number of H-pyrrole nitrogens is 2. The average molecular weight is 923 g/mol. The normalized spacial score (nSPS) is 10.9. The van der Waals surface area contributed by atoms with Crippen molar-refractivity contribution in [3.05, 3.63) is 261 Å². The Morgan fingerprint density at radius 2 is 0.838 bits per heavy atom. The number of aromatic amines is 2. The molecule has 68 heavy (non-hydrogen) atoms. The molecule has 320 valence electrons. The molecule has 5 nitrogen and oxygen atoms in total. The number of aromatic nitrogens is 2. The largest absolute Gasteiger partial charge is 1.00 e. The van der Waals surface area contributed by atoms with Crippen LogP contribution in [0.5, 0.6) is 11.5 Å². The van der Waals surface area contributed by atoms with Gasteiger partial charge in [0, 0.05) is 39.0 Å². The Kier molecular flexibility index (Phi) is 16.7. The third kappa shape index (κ3) is 10.3. The molecule has 0 amide bonds. The third-order valence-corrected chi connectivity index (χ3v) is 20.6. The van der Waals surface area contributed by atoms with Crippen LogP contribution in [0.2, 0.25) is 0 Å². The van der Waals surface area contributed by atoms with Crippen molar-refractivity contribution in [2.24, 2.45) is 0 Å². The van der Waals surface area contributed by atoms with E-state index in [2.05, 4.69) is 125 Å². The Hall–Kier alpha value is -6.48. The molecule has 0 aliphatic carbocycles. The first-order valence-electron chi connectivity index (χ1n) is 21.7. The minimum absolute atomic E-state index is 0. The molecular formula is C58H45Li2N2O3PSSi+2. The Morgan fingerprint density at radius 1 is 0.412 bits per heavy atom. The van der Waals surface area contributed by atoms with Crippen LogP contribution in [0.3, 0.4) is 0 Å². The van der Waals surface area contributed by atoms with Gasteiger partial charge in [-0.1, -0.05) is 235 Å². The first kappa shape index (κ1) is 49.4. The van der Waals surface area contributed by atoms with Gasteiger partial charge in [0.25, 0.3) is 5.01 Å². The van der Waals surface area contributed by atoms with Gasteiger partial charge in [-0.15, -0.1) is 0 Å². The van der Waals surface area contributed by atoms with Crippen molar-refractivity contribution in [2.45, 2.75) is 0 Å². The third-order valence-electron chi connectivity index (χ3n) is 11.7. The molecule has 2 N–H and O–H groups in total. The van der Waals surface area contributed by atoms with E-state index in [1.165, 1.54) is 25.4 Å². The van der Waals surface area contributed by atoms with Crippen molar-refractivity contribution in [3.8, 4) is 22.1 Å². The second-order valence-corrected chi connectivity index (χ2v) is 23.2. The van der Waals surface area contributed by atoms with Crippen LogP contribution in [0.25, 0.3) is 31.7 Å². The summed E-state index contributed by atoms with van der Waals surface area (Å²) in [5, 5.41) is 32.5. The Morgan fingerprint density at radius 3 is 1.35 bits per heavy atom. The SMILES string of the molecule is O=P(c1ccccc1)(c1ccccc1)c1ccc([Si](c2ccccc2)(c2ccccc2)c2ccccc2)cc1.[Li+].[Li+].[O-]c1cccc2ccc[nH+]c12.[O-]c1ccccc1-c1[nH+]c2ccccc2s1. The molecular weight excluding hydrogens is 878 g/mol. The van der Waals surface area contributed by atoms with Crippen molar-refractivity contribution < 1.29 is 62.5 Å². The first-order valence-corrected chi connectivity index (χ1v) is 26.2. The Bertz CT molecular complexity index is 3190. The zero-order valence-corrected chi connectivity index (χ0v) is 40.6. The van der Waals surface area contributed by atoms with Gasteiger partial charge in [0.2, 0.25) is 11.0 Å². The summed E-state index contributed by atoms with van der Waals surface area (Å²) in [7, 11) is -5.68. The van der Waals surface area contributed by atoms with E-state index >= 15 is 4.57 Å². The number of nitrogens with one attached hydrogen (secondary N) is 2. The predicted octanol–water partition coefficient (Wildman–Crippen LogP) is 1.89. The van der Waals surface area contributed by atoms with Crippen LogP contribution in [0.1, 0.15) is 0 Å². The van der Waals surface area contributed by atoms with Crippen molar-refractivity contribution >= 4 is 84.3 Å². The van der Waals surface area contributed by atoms with Gasteiger partial charge in [-0.3, -0.25) is 0 Å². The summed E-state index contributed by atoms with van der Waals surface area (Å²) in [6.45, 7) is 0. The molecule has 0 unspecified atom stereocenters. The standard InChI is InChI=1S/C36H29OPSi.C13H9NOS.C9H7NO.2Li/c37-38(30-16-6-1-7-17-30,31-18-8-2-9-19-31)32-26-28-36(29-27-32)39(33-20-10-3-11-21-33,34-22-12-4-13-23-34)35-24-14-5-15-25-35;15-11-7-3-1-5-9(11)13-14-10-6-2-4-8-12(10)16-13;11-8-5-1-3-7-4-2-6-10-9(7)8;;/h1-29H;1-8,15H;1-6,11H;;/q;;;2*+1. The van der Waals surface area contributed by atoms with Crippen LogP contribution in [0, 0.1) is 0 Å². The number of fused-ring (bicyclic) bond motifs is 2. The predicted molar refractivity (Wildman–Crippen MR) is 273 cm³/mol. The van der Waals surface area contributed by atoms with Gasteiger partial charge < -0.3 is 14.8 Å². The summed E-state index contributed by atoms with van der Waals surface area (Å²) < 4.78 is 16.2. The van der Waals surface area contributed by atoms with Crippen LogP contribution < -0.4 is 94.6 Å². The number of para-hydroxylation sites is 3. The smallest absolute Gasteiger partial charge is 0.872 e. The summed E-state index contributed by atoms with van der Waals surface area (Å²) in [6, 6.07) is 85.2. The van der Waals surface area contributed by atoms with Crippen molar-refractivity contribution in [2.75, 3.05) is 0 Å². The minimum atomic E-state index is -3.05. The maximum Gasteiger partial charge on any atom is 1.00 e. The van der Waals surface area contributed by atoms with Crippen LogP contribution in [0.15, 0.2) is 261 Å². The van der Waals surface area contributed by atoms with Crippen LogP contribution in [0.4, 0.5) is 0 Å². The van der Waals surface area contributed by atoms with E-state index in [0.717, 1.165) is 37.4 Å². The van der Waals surface area contributed by atoms with Gasteiger partial charge in [-0.05, 0) is 50.8 Å². The molecule has 0 aliphatic heterocycles. The summed E-state index contributed by atoms with van der Waals surface area (Å²) in [6.07, 6.45) is 1.75. The first-order chi connectivity index (χ1) is 32.5. The summed E-state index contributed by atoms with van der Waals surface area (Å²) >= 11 is 1.61. The van der Waals surface area contributed by atoms with Gasteiger partial charge in [0.05, 0.1) is 0 Å². The number of pyridine rings is 1. The molecule has 2 aromatic heterocycles. The number of benzene rings is 9. The van der Waals surface area contributed by atoms with E-state index in [-0.39, 0.29) is 49.2 Å². The van der Waals surface area contributed by atoms with Crippen LogP contribution in [-0.2, 0) is 4.57 Å². The molecule has 0 fully saturated rings. The molecule has 0 aliphatic rings. The summed E-state index contributed by atoms with van der Waals surface area (Å²) in [5.41, 5.74) is 2.49. The Balaban J connectivity index is 0.000000192. The van der Waals surface area contributed by atoms with E-state index in [9.17, 15) is 10.2 Å². The molecule has 0 atom stereocenters. The molecule has 9 aromatic carbocycles. The molecule has 0 bridgehead atoms. The van der Waals surface area contributed by atoms with E-state index < -0.39 is 15.2 Å². The van der Waals surface area contributed by atoms with Crippen molar-refractivity contribution in [1.29, 1.82) is 0 Å². The number of thiazole rings is 1. The van der Waals surface area contributed by atoms with Gasteiger partial charge >= 0.3 is 37.7 Å². The minimum Gasteiger partial charge on any atom is -0.872 e. The van der Waals surface area contributed by atoms with Gasteiger partial charge in [-0.2, -0.15) is 4.98 Å². The van der Waals surface area contributed by atoms with Crippen LogP contribution in [-0.4, -0.2) is 8.07 Å². The molecule has 0 spiro atoms. The van der Waals surface area contributed by atoms with E-state index in [1.807, 2.05) is 115 Å². The molecule has 0 saturated carbocycles. The van der Waals surface area contributed by atoms with Gasteiger partial charge in [0.1, 0.15) is 4.70 Å². The average Bonchev–Trinajstić information content (AvgIpc) is 3.83. The van der Waals surface area contributed by atoms with Crippen molar-refractivity contribution in [1.82, 2.24) is 0 Å². The van der Waals surface area contributed by atoms with Crippen molar-refractivity contribution in [3.63, 3.8) is 0 Å². The molecule has 2 heterocycles. The molecule has 0 saturated heterocycles. The maximum atomic E-state index is 15.0. The quantitative estimate of drug-likeness (QED) is 0.133. The fourth-order valence-electron chi connectivity index (χ4n) is 8.53.